The minimum Gasteiger partial charge on any atom is -0.744 e. The number of benzene rings is 3. The molecule has 2 heterocycles. The Morgan fingerprint density at radius 3 is 1.81 bits per heavy atom. The van der Waals surface area contributed by atoms with Gasteiger partial charge in [0.25, 0.3) is 5.91 Å². The van der Waals surface area contributed by atoms with Crippen LogP contribution in [0.2, 0.25) is 15.3 Å². The molecule has 1 aromatic heterocycles. The third-order valence-corrected chi connectivity index (χ3v) is 10.0. The monoisotopic (exact) mass is 870 g/mol. The van der Waals surface area contributed by atoms with Crippen LogP contribution in [0, 0.1) is 0 Å². The fourth-order valence-electron chi connectivity index (χ4n) is 4.32. The van der Waals surface area contributed by atoms with Gasteiger partial charge < -0.3 is 24.3 Å². The zero-order chi connectivity index (χ0) is 36.8. The van der Waals surface area contributed by atoms with E-state index in [0.717, 1.165) is 41.3 Å². The molecular formula is C26H16Cl3N8Na3O10S3. The van der Waals surface area contributed by atoms with Crippen molar-refractivity contribution < 1.29 is 132 Å². The predicted octanol–water partition coefficient (Wildman–Crippen LogP) is -4.55. The van der Waals surface area contributed by atoms with E-state index in [0.29, 0.717) is 0 Å². The molecule has 0 aliphatic carbocycles. The molecule has 1 atom stereocenters. The molecule has 262 valence electrons. The summed E-state index contributed by atoms with van der Waals surface area (Å²) in [5.41, 5.74) is 0.0578. The molecule has 27 heteroatoms. The standard InChI is InChI=1S/C26H19Cl3N8O10S3.3Na/c1-12-11-37(19-9-17(28)21(10-16(19)27)50(45,46)47)23(38)22(12)36-35-18-8-14(4-7-20(18)49(42,43)44)31-26-33-24(29)32-25(34-26)30-13-2-5-15(6-3-13)48(39,40)41;;;/h2-11,22H,1H3,(H,39,40,41)(H,42,43,44)(H,45,46,47)(H2,30,31,32,33,34);;;/q;3*+1/p-3. The largest absolute Gasteiger partial charge is 1.00 e. The molecule has 0 fully saturated rings. The number of azo groups is 1. The molecule has 1 aliphatic rings. The van der Waals surface area contributed by atoms with Crippen molar-refractivity contribution in [2.45, 2.75) is 27.7 Å². The summed E-state index contributed by atoms with van der Waals surface area (Å²) in [5, 5.41) is 12.2. The molecule has 0 bridgehead atoms. The maximum Gasteiger partial charge on any atom is 1.00 e. The topological polar surface area (TPSA) is 279 Å². The van der Waals surface area contributed by atoms with E-state index >= 15 is 0 Å². The SMILES string of the molecule is CC1=CN(c2cc(Cl)c(S(=O)(=O)[O-])cc2Cl)C(=O)C1N=Nc1cc(Nc2nc(Cl)nc(Nc3ccc(S(=O)(=O)[O-])cc3)n2)ccc1S(=O)(=O)[O-].[Na+].[Na+].[Na+]. The van der Waals surface area contributed by atoms with Crippen LogP contribution in [-0.4, -0.2) is 65.8 Å². The van der Waals surface area contributed by atoms with E-state index in [4.69, 9.17) is 34.8 Å². The molecule has 53 heavy (non-hydrogen) atoms. The van der Waals surface area contributed by atoms with Gasteiger partial charge in [-0.25, -0.2) is 25.3 Å². The minimum atomic E-state index is -5.11. The van der Waals surface area contributed by atoms with Crippen molar-refractivity contribution in [3.63, 3.8) is 0 Å². The molecule has 2 N–H and O–H groups in total. The first kappa shape index (κ1) is 47.8. The van der Waals surface area contributed by atoms with Gasteiger partial charge in [0.1, 0.15) is 36.0 Å². The summed E-state index contributed by atoms with van der Waals surface area (Å²) in [6.45, 7) is 1.48. The average Bonchev–Trinajstić information content (AvgIpc) is 3.27. The van der Waals surface area contributed by atoms with Gasteiger partial charge in [0, 0.05) is 17.6 Å². The number of carbonyl (C=O) groups excluding carboxylic acids is 1. The van der Waals surface area contributed by atoms with Crippen molar-refractivity contribution in [3.8, 4) is 0 Å². The number of carbonyl (C=O) groups is 1. The van der Waals surface area contributed by atoms with E-state index in [1.54, 1.807) is 0 Å². The first-order valence-electron chi connectivity index (χ1n) is 13.2. The Morgan fingerprint density at radius 1 is 0.717 bits per heavy atom. The van der Waals surface area contributed by atoms with Crippen LogP contribution < -0.4 is 104 Å². The average molecular weight is 872 g/mol. The Hall–Kier alpha value is -1.32. The molecule has 1 aliphatic heterocycles. The van der Waals surface area contributed by atoms with Crippen LogP contribution in [0.4, 0.5) is 34.6 Å². The first-order valence-corrected chi connectivity index (χ1v) is 18.6. The van der Waals surface area contributed by atoms with Crippen molar-refractivity contribution >= 4 is 106 Å². The Kier molecular flexibility index (Phi) is 16.9. The fourth-order valence-corrected chi connectivity index (χ4v) is 6.86. The van der Waals surface area contributed by atoms with Crippen molar-refractivity contribution in [1.82, 2.24) is 15.0 Å². The Balaban J connectivity index is 0.00000324. The molecule has 18 nitrogen and oxygen atoms in total. The van der Waals surface area contributed by atoms with Gasteiger partial charge in [-0.2, -0.15) is 25.2 Å². The van der Waals surface area contributed by atoms with Gasteiger partial charge in [0.2, 0.25) is 17.2 Å². The summed E-state index contributed by atoms with van der Waals surface area (Å²) in [4.78, 5) is 24.2. The zero-order valence-corrected chi connectivity index (χ0v) is 38.2. The summed E-state index contributed by atoms with van der Waals surface area (Å²) < 4.78 is 104. The number of aromatic nitrogens is 3. The second-order valence-electron chi connectivity index (χ2n) is 10.0. The normalized spacial score (nSPS) is 14.5. The van der Waals surface area contributed by atoms with E-state index in [-0.39, 0.29) is 134 Å². The summed E-state index contributed by atoms with van der Waals surface area (Å²) in [6, 6.07) is 8.32. The number of nitrogens with one attached hydrogen (secondary N) is 2. The van der Waals surface area contributed by atoms with Crippen molar-refractivity contribution in [2.75, 3.05) is 15.5 Å². The third-order valence-electron chi connectivity index (χ3n) is 6.54. The molecule has 0 radical (unpaired) electrons. The number of nitrogens with zero attached hydrogens (tertiary/aromatic N) is 6. The van der Waals surface area contributed by atoms with Crippen LogP contribution in [0.5, 0.6) is 0 Å². The third kappa shape index (κ3) is 11.8. The first-order chi connectivity index (χ1) is 23.2. The Labute approximate surface area is 383 Å². The number of halogens is 3. The van der Waals surface area contributed by atoms with Crippen LogP contribution in [-0.2, 0) is 35.1 Å². The molecule has 3 aromatic carbocycles. The molecular weight excluding hydrogens is 856 g/mol. The van der Waals surface area contributed by atoms with Gasteiger partial charge >= 0.3 is 88.7 Å². The summed E-state index contributed by atoms with van der Waals surface area (Å²) in [5.74, 6) is -1.08. The second kappa shape index (κ2) is 18.7. The van der Waals surface area contributed by atoms with E-state index < -0.39 is 67.7 Å². The number of rotatable bonds is 10. The van der Waals surface area contributed by atoms with Crippen LogP contribution in [0.3, 0.4) is 0 Å². The van der Waals surface area contributed by atoms with Crippen LogP contribution in [0.1, 0.15) is 6.92 Å². The number of hydrogen-bond acceptors (Lipinski definition) is 17. The molecule has 0 saturated heterocycles. The van der Waals surface area contributed by atoms with Gasteiger partial charge in [-0.05, 0) is 78.7 Å². The van der Waals surface area contributed by atoms with E-state index in [1.807, 2.05) is 0 Å². The molecule has 1 unspecified atom stereocenters. The van der Waals surface area contributed by atoms with Gasteiger partial charge in [0.05, 0.1) is 30.4 Å². The van der Waals surface area contributed by atoms with Crippen LogP contribution in [0.25, 0.3) is 0 Å². The van der Waals surface area contributed by atoms with E-state index in [9.17, 15) is 43.7 Å². The van der Waals surface area contributed by atoms with E-state index in [1.165, 1.54) is 31.3 Å². The van der Waals surface area contributed by atoms with Gasteiger partial charge in [0.15, 0.2) is 6.04 Å². The number of anilines is 5. The maximum atomic E-state index is 13.3. The summed E-state index contributed by atoms with van der Waals surface area (Å²) >= 11 is 18.1. The van der Waals surface area contributed by atoms with Gasteiger partial charge in [-0.15, -0.1) is 0 Å². The molecule has 4 aromatic rings. The van der Waals surface area contributed by atoms with Crippen molar-refractivity contribution in [1.29, 1.82) is 0 Å². The van der Waals surface area contributed by atoms with Gasteiger partial charge in [-0.1, -0.05) is 23.2 Å². The fraction of sp³-hybridized carbons (Fsp3) is 0.0769. The molecule has 0 saturated carbocycles. The molecule has 1 amide bonds. The summed E-state index contributed by atoms with van der Waals surface area (Å²) in [6.07, 6.45) is 1.29. The number of amides is 1. The van der Waals surface area contributed by atoms with Crippen LogP contribution >= 0.6 is 34.8 Å². The van der Waals surface area contributed by atoms with Crippen molar-refractivity contribution in [2.24, 2.45) is 10.2 Å². The Morgan fingerprint density at radius 2 is 1.26 bits per heavy atom. The maximum absolute atomic E-state index is 13.3. The smallest absolute Gasteiger partial charge is 0.744 e. The second-order valence-corrected chi connectivity index (χ2v) is 15.2. The zero-order valence-electron chi connectivity index (χ0n) is 27.5. The van der Waals surface area contributed by atoms with Crippen molar-refractivity contribution in [3.05, 3.63) is 81.7 Å². The summed E-state index contributed by atoms with van der Waals surface area (Å²) in [7, 11) is -14.8. The molecule has 5 rings (SSSR count). The van der Waals surface area contributed by atoms with Crippen LogP contribution in [0.15, 0.2) is 91.3 Å². The van der Waals surface area contributed by atoms with Gasteiger partial charge in [-0.3, -0.25) is 9.69 Å². The number of hydrogen-bond donors (Lipinski definition) is 2. The minimum absolute atomic E-state index is 0. The Bertz CT molecular complexity index is 2470. The quantitative estimate of drug-likeness (QED) is 0.0863. The predicted molar refractivity (Wildman–Crippen MR) is 174 cm³/mol. The molecule has 0 spiro atoms. The van der Waals surface area contributed by atoms with E-state index in [2.05, 4.69) is 35.8 Å².